The largest absolute Gasteiger partial charge is 0.480 e. The number of aliphatic carboxylic acids is 1. The number of aryl methyl sites for hydroxylation is 1. The number of nitrogens with two attached hydrogens (primary N) is 1. The summed E-state index contributed by atoms with van der Waals surface area (Å²) >= 11 is 2.89. The van der Waals surface area contributed by atoms with E-state index in [1.807, 2.05) is 12.3 Å². The van der Waals surface area contributed by atoms with Crippen LogP contribution in [0.15, 0.2) is 5.38 Å². The van der Waals surface area contributed by atoms with Gasteiger partial charge in [0.1, 0.15) is 6.04 Å². The second-order valence-corrected chi connectivity index (χ2v) is 6.36. The number of thiazole rings is 1. The van der Waals surface area contributed by atoms with Crippen molar-refractivity contribution in [1.82, 2.24) is 10.3 Å². The molecule has 0 aliphatic rings. The summed E-state index contributed by atoms with van der Waals surface area (Å²) in [7, 11) is 0. The van der Waals surface area contributed by atoms with E-state index in [0.29, 0.717) is 5.75 Å². The van der Waals surface area contributed by atoms with Gasteiger partial charge in [-0.25, -0.2) is 9.78 Å². The van der Waals surface area contributed by atoms with Gasteiger partial charge in [0.05, 0.1) is 16.5 Å². The number of carboxylic acid groups (broad SMARTS) is 1. The lowest BCUT2D eigenvalue weighted by atomic mass is 10.1. The number of nitrogens with zero attached hydrogens (tertiary/aromatic N) is 1. The Bertz CT molecular complexity index is 518. The number of rotatable bonds is 9. The molecule has 0 saturated carbocycles. The highest BCUT2D eigenvalue weighted by Gasteiger charge is 2.20. The lowest BCUT2D eigenvalue weighted by molar-refractivity contribution is -0.141. The number of hydrogen-bond donors (Lipinski definition) is 3. The molecule has 21 heavy (non-hydrogen) atoms. The Balaban J connectivity index is 2.32. The number of carboxylic acids is 1. The molecule has 1 atom stereocenters. The number of primary amides is 1. The summed E-state index contributed by atoms with van der Waals surface area (Å²) in [5, 5.41) is 14.2. The van der Waals surface area contributed by atoms with Crippen LogP contribution in [-0.4, -0.2) is 39.7 Å². The molecule has 0 bridgehead atoms. The molecule has 0 aliphatic carbocycles. The smallest absolute Gasteiger partial charge is 0.326 e. The first-order chi connectivity index (χ1) is 9.88. The number of nitrogens with one attached hydrogen (secondary N) is 1. The average Bonchev–Trinajstić information content (AvgIpc) is 2.79. The number of carbonyl (C=O) groups excluding carboxylic acids is 2. The van der Waals surface area contributed by atoms with Gasteiger partial charge in [0.2, 0.25) is 11.8 Å². The van der Waals surface area contributed by atoms with E-state index in [1.54, 1.807) is 11.3 Å². The predicted molar refractivity (Wildman–Crippen MR) is 81.0 cm³/mol. The fraction of sp³-hybridized carbons (Fsp3) is 0.500. The highest BCUT2D eigenvalue weighted by atomic mass is 32.2. The minimum Gasteiger partial charge on any atom is -0.480 e. The minimum atomic E-state index is -1.18. The summed E-state index contributed by atoms with van der Waals surface area (Å²) in [6.45, 7) is 1.90. The monoisotopic (exact) mass is 331 g/mol. The van der Waals surface area contributed by atoms with Gasteiger partial charge in [0, 0.05) is 17.6 Å². The van der Waals surface area contributed by atoms with E-state index >= 15 is 0 Å². The molecule has 2 amide bonds. The van der Waals surface area contributed by atoms with E-state index in [1.165, 1.54) is 11.8 Å². The molecule has 7 nitrogen and oxygen atoms in total. The molecule has 0 spiro atoms. The molecule has 1 unspecified atom stereocenters. The first-order valence-electron chi connectivity index (χ1n) is 6.17. The molecular formula is C12H17N3O4S2. The van der Waals surface area contributed by atoms with Crippen LogP contribution in [0.4, 0.5) is 0 Å². The van der Waals surface area contributed by atoms with Gasteiger partial charge in [0.15, 0.2) is 0 Å². The molecule has 0 saturated heterocycles. The molecule has 1 aromatic heterocycles. The van der Waals surface area contributed by atoms with Crippen molar-refractivity contribution < 1.29 is 19.5 Å². The van der Waals surface area contributed by atoms with Crippen molar-refractivity contribution in [2.75, 3.05) is 5.75 Å². The third-order valence-corrected chi connectivity index (χ3v) is 4.25. The first kappa shape index (κ1) is 17.4. The maximum Gasteiger partial charge on any atom is 0.326 e. The fourth-order valence-electron chi connectivity index (χ4n) is 1.50. The maximum atomic E-state index is 11.7. The van der Waals surface area contributed by atoms with Crippen LogP contribution in [0.2, 0.25) is 0 Å². The van der Waals surface area contributed by atoms with Crippen LogP contribution < -0.4 is 11.1 Å². The SMILES string of the molecule is Cc1nc(CSCC(=O)NC(CCC(N)=O)C(=O)O)cs1. The summed E-state index contributed by atoms with van der Waals surface area (Å²) in [4.78, 5) is 37.5. The number of amides is 2. The van der Waals surface area contributed by atoms with E-state index in [9.17, 15) is 14.4 Å². The number of hydrogen-bond acceptors (Lipinski definition) is 6. The van der Waals surface area contributed by atoms with E-state index in [-0.39, 0.29) is 24.5 Å². The molecule has 0 aromatic carbocycles. The topological polar surface area (TPSA) is 122 Å². The van der Waals surface area contributed by atoms with Crippen molar-refractivity contribution >= 4 is 40.9 Å². The quantitative estimate of drug-likeness (QED) is 0.606. The van der Waals surface area contributed by atoms with Gasteiger partial charge in [0.25, 0.3) is 0 Å². The molecule has 1 heterocycles. The molecule has 0 radical (unpaired) electrons. The predicted octanol–water partition coefficient (Wildman–Crippen LogP) is 0.520. The summed E-state index contributed by atoms with van der Waals surface area (Å²) in [5.41, 5.74) is 5.87. The number of carbonyl (C=O) groups is 3. The fourth-order valence-corrected chi connectivity index (χ4v) is 2.95. The van der Waals surface area contributed by atoms with E-state index < -0.39 is 17.9 Å². The Labute approximate surface area is 130 Å². The lowest BCUT2D eigenvalue weighted by Gasteiger charge is -2.13. The van der Waals surface area contributed by atoms with E-state index in [4.69, 9.17) is 10.8 Å². The van der Waals surface area contributed by atoms with Gasteiger partial charge in [-0.15, -0.1) is 23.1 Å². The molecule has 1 aromatic rings. The van der Waals surface area contributed by atoms with Gasteiger partial charge >= 0.3 is 5.97 Å². The first-order valence-corrected chi connectivity index (χ1v) is 8.21. The molecule has 4 N–H and O–H groups in total. The van der Waals surface area contributed by atoms with Crippen LogP contribution in [0, 0.1) is 6.92 Å². The molecule has 0 fully saturated rings. The van der Waals surface area contributed by atoms with Crippen molar-refractivity contribution in [3.63, 3.8) is 0 Å². The molecule has 116 valence electrons. The Kier molecular flexibility index (Phi) is 7.17. The summed E-state index contributed by atoms with van der Waals surface area (Å²) in [5.74, 6) is -1.43. The second kappa shape index (κ2) is 8.63. The van der Waals surface area contributed by atoms with Gasteiger partial charge in [-0.3, -0.25) is 9.59 Å². The normalized spacial score (nSPS) is 11.9. The van der Waals surface area contributed by atoms with Crippen LogP contribution in [0.25, 0.3) is 0 Å². The second-order valence-electron chi connectivity index (χ2n) is 4.31. The van der Waals surface area contributed by atoms with Gasteiger partial charge in [-0.1, -0.05) is 0 Å². The maximum absolute atomic E-state index is 11.7. The van der Waals surface area contributed by atoms with Crippen molar-refractivity contribution in [2.24, 2.45) is 5.73 Å². The molecule has 9 heteroatoms. The van der Waals surface area contributed by atoms with Crippen LogP contribution in [-0.2, 0) is 20.1 Å². The van der Waals surface area contributed by atoms with Crippen molar-refractivity contribution in [2.45, 2.75) is 31.6 Å². The lowest BCUT2D eigenvalue weighted by Crippen LogP contribution is -2.42. The Morgan fingerprint density at radius 1 is 1.52 bits per heavy atom. The Morgan fingerprint density at radius 3 is 2.76 bits per heavy atom. The van der Waals surface area contributed by atoms with Gasteiger partial charge in [-0.2, -0.15) is 0 Å². The van der Waals surface area contributed by atoms with E-state index in [0.717, 1.165) is 10.7 Å². The molecular weight excluding hydrogens is 314 g/mol. The minimum absolute atomic E-state index is 0.00759. The van der Waals surface area contributed by atoms with Gasteiger partial charge < -0.3 is 16.2 Å². The van der Waals surface area contributed by atoms with Crippen molar-refractivity contribution in [3.05, 3.63) is 16.1 Å². The Morgan fingerprint density at radius 2 is 2.24 bits per heavy atom. The van der Waals surface area contributed by atoms with E-state index in [2.05, 4.69) is 10.3 Å². The zero-order chi connectivity index (χ0) is 15.8. The molecule has 0 aliphatic heterocycles. The van der Waals surface area contributed by atoms with Crippen LogP contribution in [0.1, 0.15) is 23.5 Å². The highest BCUT2D eigenvalue weighted by molar-refractivity contribution is 7.99. The summed E-state index contributed by atoms with van der Waals surface area (Å²) < 4.78 is 0. The van der Waals surface area contributed by atoms with Crippen LogP contribution >= 0.6 is 23.1 Å². The third kappa shape index (κ3) is 7.09. The summed E-state index contributed by atoms with van der Waals surface area (Å²) in [6, 6.07) is -1.09. The highest BCUT2D eigenvalue weighted by Crippen LogP contribution is 2.14. The standard InChI is InChI=1S/C12H17N3O4S2/c1-7-14-8(5-21-7)4-20-6-11(17)15-9(12(18)19)2-3-10(13)16/h5,9H,2-4,6H2,1H3,(H2,13,16)(H,15,17)(H,18,19). The number of thioether (sulfide) groups is 1. The van der Waals surface area contributed by atoms with Gasteiger partial charge in [-0.05, 0) is 13.3 Å². The average molecular weight is 331 g/mol. The van der Waals surface area contributed by atoms with Crippen molar-refractivity contribution in [1.29, 1.82) is 0 Å². The molecule has 1 rings (SSSR count). The number of aromatic nitrogens is 1. The van der Waals surface area contributed by atoms with Crippen molar-refractivity contribution in [3.8, 4) is 0 Å². The zero-order valence-electron chi connectivity index (χ0n) is 11.5. The zero-order valence-corrected chi connectivity index (χ0v) is 13.1. The van der Waals surface area contributed by atoms with Crippen LogP contribution in [0.5, 0.6) is 0 Å². The Hall–Kier alpha value is -1.61. The third-order valence-electron chi connectivity index (χ3n) is 2.46. The summed E-state index contributed by atoms with van der Waals surface area (Å²) in [6.07, 6.45) is -0.0884. The van der Waals surface area contributed by atoms with Crippen LogP contribution in [0.3, 0.4) is 0 Å².